The van der Waals surface area contributed by atoms with Crippen LogP contribution in [-0.2, 0) is 0 Å². The minimum absolute atomic E-state index is 0.0293. The second-order valence-corrected chi connectivity index (χ2v) is 8.64. The number of nitrogens with zero attached hydrogens (tertiary/aromatic N) is 4. The zero-order chi connectivity index (χ0) is 23.5. The first-order chi connectivity index (χ1) is 16.7. The lowest BCUT2D eigenvalue weighted by Crippen LogP contribution is -2.50. The molecule has 1 N–H and O–H groups in total. The molecule has 5 rings (SSSR count). The molecule has 2 amide bonds. The second-order valence-electron chi connectivity index (χ2n) is 8.64. The molecule has 1 aromatic carbocycles. The molecule has 9 heteroatoms. The fraction of sp³-hybridized carbons (Fsp3) is 0.400. The highest BCUT2D eigenvalue weighted by Crippen LogP contribution is 2.31. The van der Waals surface area contributed by atoms with Gasteiger partial charge in [-0.25, -0.2) is 4.68 Å². The topological polar surface area (TPSA) is 92.8 Å². The third-order valence-corrected chi connectivity index (χ3v) is 6.67. The van der Waals surface area contributed by atoms with Crippen LogP contribution in [-0.4, -0.2) is 77.8 Å². The van der Waals surface area contributed by atoms with Gasteiger partial charge in [0.05, 0.1) is 36.5 Å². The van der Waals surface area contributed by atoms with Gasteiger partial charge in [-0.15, -0.1) is 0 Å². The van der Waals surface area contributed by atoms with Crippen LogP contribution in [0.3, 0.4) is 0 Å². The average molecular weight is 464 g/mol. The summed E-state index contributed by atoms with van der Waals surface area (Å²) in [4.78, 5) is 29.8. The second kappa shape index (κ2) is 9.72. The molecule has 3 aromatic rings. The highest BCUT2D eigenvalue weighted by molar-refractivity contribution is 5.96. The molecule has 2 aliphatic rings. The molecule has 0 spiro atoms. The summed E-state index contributed by atoms with van der Waals surface area (Å²) in [7, 11) is 1.64. The largest absolute Gasteiger partial charge is 0.497 e. The van der Waals surface area contributed by atoms with E-state index in [4.69, 9.17) is 9.15 Å². The van der Waals surface area contributed by atoms with Crippen molar-refractivity contribution in [3.05, 3.63) is 65.9 Å². The molecule has 2 aromatic heterocycles. The molecule has 9 nitrogen and oxygen atoms in total. The van der Waals surface area contributed by atoms with Crippen LogP contribution < -0.4 is 10.1 Å². The summed E-state index contributed by atoms with van der Waals surface area (Å²) in [5.74, 6) is 1.18. The van der Waals surface area contributed by atoms with E-state index in [1.54, 1.807) is 30.3 Å². The first-order valence-corrected chi connectivity index (χ1v) is 11.7. The molecule has 2 aliphatic heterocycles. The van der Waals surface area contributed by atoms with E-state index in [1.165, 1.54) is 6.26 Å². The van der Waals surface area contributed by atoms with Crippen LogP contribution in [0, 0.1) is 0 Å². The number of hydrogen-bond acceptors (Lipinski definition) is 6. The van der Waals surface area contributed by atoms with Gasteiger partial charge >= 0.3 is 0 Å². The van der Waals surface area contributed by atoms with E-state index >= 15 is 0 Å². The van der Waals surface area contributed by atoms with E-state index in [1.807, 2.05) is 33.8 Å². The molecular weight excluding hydrogens is 434 g/mol. The fourth-order valence-electron chi connectivity index (χ4n) is 4.78. The van der Waals surface area contributed by atoms with Gasteiger partial charge in [-0.05, 0) is 62.3 Å². The smallest absolute Gasteiger partial charge is 0.289 e. The summed E-state index contributed by atoms with van der Waals surface area (Å²) < 4.78 is 12.4. The minimum Gasteiger partial charge on any atom is -0.497 e. The summed E-state index contributed by atoms with van der Waals surface area (Å²) in [5, 5.41) is 8.04. The Morgan fingerprint density at radius 2 is 1.68 bits per heavy atom. The van der Waals surface area contributed by atoms with Gasteiger partial charge in [0.25, 0.3) is 11.8 Å². The van der Waals surface area contributed by atoms with E-state index in [-0.39, 0.29) is 17.7 Å². The van der Waals surface area contributed by atoms with E-state index in [2.05, 4.69) is 10.4 Å². The standard InChI is InChI=1S/C25H29N5O4/c1-33-20-6-4-19(5-7-20)30-23(18-8-10-26-11-9-18)21(17-27-30)24(31)28-12-14-29(15-13-28)25(32)22-3-2-16-34-22/h2-7,16-18,26H,8-15H2,1H3. The lowest BCUT2D eigenvalue weighted by Gasteiger charge is -2.34. The van der Waals surface area contributed by atoms with E-state index < -0.39 is 0 Å². The molecule has 2 fully saturated rings. The number of rotatable bonds is 5. The van der Waals surface area contributed by atoms with Crippen LogP contribution >= 0.6 is 0 Å². The molecule has 0 atom stereocenters. The Morgan fingerprint density at radius 3 is 2.29 bits per heavy atom. The maximum absolute atomic E-state index is 13.6. The van der Waals surface area contributed by atoms with Crippen molar-refractivity contribution in [1.82, 2.24) is 24.9 Å². The summed E-state index contributed by atoms with van der Waals surface area (Å²) in [5.41, 5.74) is 2.52. The molecule has 0 saturated carbocycles. The molecule has 0 aliphatic carbocycles. The third-order valence-electron chi connectivity index (χ3n) is 6.67. The zero-order valence-electron chi connectivity index (χ0n) is 19.3. The van der Waals surface area contributed by atoms with Crippen LogP contribution in [0.4, 0.5) is 0 Å². The van der Waals surface area contributed by atoms with Crippen LogP contribution in [0.25, 0.3) is 5.69 Å². The number of benzene rings is 1. The summed E-state index contributed by atoms with van der Waals surface area (Å²) in [6.07, 6.45) is 5.10. The van der Waals surface area contributed by atoms with Gasteiger partial charge in [0.15, 0.2) is 5.76 Å². The first-order valence-electron chi connectivity index (χ1n) is 11.7. The monoisotopic (exact) mass is 463 g/mol. The highest BCUT2D eigenvalue weighted by Gasteiger charge is 2.32. The zero-order valence-corrected chi connectivity index (χ0v) is 19.3. The van der Waals surface area contributed by atoms with Gasteiger partial charge in [-0.1, -0.05) is 0 Å². The average Bonchev–Trinajstić information content (AvgIpc) is 3.59. The van der Waals surface area contributed by atoms with E-state index in [0.29, 0.717) is 37.5 Å². The molecule has 2 saturated heterocycles. The molecule has 4 heterocycles. The van der Waals surface area contributed by atoms with Crippen LogP contribution in [0.5, 0.6) is 5.75 Å². The highest BCUT2D eigenvalue weighted by atomic mass is 16.5. The Kier molecular flexibility index (Phi) is 6.35. The maximum Gasteiger partial charge on any atom is 0.289 e. The maximum atomic E-state index is 13.6. The van der Waals surface area contributed by atoms with Gasteiger partial charge in [0.1, 0.15) is 5.75 Å². The third kappa shape index (κ3) is 4.31. The van der Waals surface area contributed by atoms with Gasteiger partial charge in [0, 0.05) is 32.1 Å². The normalized spacial score (nSPS) is 17.1. The van der Waals surface area contributed by atoms with Crippen LogP contribution in [0.1, 0.15) is 45.4 Å². The van der Waals surface area contributed by atoms with Gasteiger partial charge in [0.2, 0.25) is 0 Å². The summed E-state index contributed by atoms with van der Waals surface area (Å²) in [6.45, 7) is 3.73. The van der Waals surface area contributed by atoms with Crippen molar-refractivity contribution in [3.8, 4) is 11.4 Å². The van der Waals surface area contributed by atoms with Crippen molar-refractivity contribution in [2.45, 2.75) is 18.8 Å². The Labute approximate surface area is 198 Å². The number of carbonyl (C=O) groups is 2. The molecule has 34 heavy (non-hydrogen) atoms. The molecular formula is C25H29N5O4. The van der Waals surface area contributed by atoms with Crippen LogP contribution in [0.15, 0.2) is 53.3 Å². The van der Waals surface area contributed by atoms with Gasteiger partial charge in [-0.3, -0.25) is 9.59 Å². The lowest BCUT2D eigenvalue weighted by molar-refractivity contribution is 0.0517. The number of ether oxygens (including phenoxy) is 1. The van der Waals surface area contributed by atoms with Crippen molar-refractivity contribution in [3.63, 3.8) is 0 Å². The number of aromatic nitrogens is 2. The Bertz CT molecular complexity index is 1120. The number of nitrogens with one attached hydrogen (secondary N) is 1. The SMILES string of the molecule is COc1ccc(-n2ncc(C(=O)N3CCN(C(=O)c4ccco4)CC3)c2C2CCNCC2)cc1. The lowest BCUT2D eigenvalue weighted by atomic mass is 9.91. The number of piperazine rings is 1. The van der Waals surface area contributed by atoms with Crippen molar-refractivity contribution in [2.24, 2.45) is 0 Å². The summed E-state index contributed by atoms with van der Waals surface area (Å²) in [6, 6.07) is 11.1. The Morgan fingerprint density at radius 1 is 1.00 bits per heavy atom. The number of hydrogen-bond donors (Lipinski definition) is 1. The number of piperidine rings is 1. The molecule has 0 radical (unpaired) electrons. The minimum atomic E-state index is -0.139. The number of methoxy groups -OCH3 is 1. The van der Waals surface area contributed by atoms with Crippen molar-refractivity contribution < 1.29 is 18.7 Å². The van der Waals surface area contributed by atoms with Crippen molar-refractivity contribution in [2.75, 3.05) is 46.4 Å². The quantitative estimate of drug-likeness (QED) is 0.625. The number of furan rings is 1. The Balaban J connectivity index is 1.37. The fourth-order valence-corrected chi connectivity index (χ4v) is 4.78. The Hall–Kier alpha value is -3.59. The predicted octanol–water partition coefficient (Wildman–Crippen LogP) is 2.54. The summed E-state index contributed by atoms with van der Waals surface area (Å²) >= 11 is 0. The predicted molar refractivity (Wildman–Crippen MR) is 125 cm³/mol. The molecule has 0 unspecified atom stereocenters. The first kappa shape index (κ1) is 22.2. The van der Waals surface area contributed by atoms with Crippen molar-refractivity contribution in [1.29, 1.82) is 0 Å². The van der Waals surface area contributed by atoms with Gasteiger partial charge in [-0.2, -0.15) is 5.10 Å². The number of carbonyl (C=O) groups excluding carboxylic acids is 2. The van der Waals surface area contributed by atoms with E-state index in [0.717, 1.165) is 43.1 Å². The van der Waals surface area contributed by atoms with Gasteiger partial charge < -0.3 is 24.3 Å². The van der Waals surface area contributed by atoms with E-state index in [9.17, 15) is 9.59 Å². The van der Waals surface area contributed by atoms with Crippen molar-refractivity contribution >= 4 is 11.8 Å². The van der Waals surface area contributed by atoms with Crippen LogP contribution in [0.2, 0.25) is 0 Å². The number of amides is 2. The molecule has 0 bridgehead atoms. The molecule has 178 valence electrons.